The maximum absolute atomic E-state index is 12.5. The van der Waals surface area contributed by atoms with E-state index in [1.807, 2.05) is 0 Å². The second-order valence-corrected chi connectivity index (χ2v) is 4.51. The number of hydrogen-bond donors (Lipinski definition) is 1. The van der Waals surface area contributed by atoms with Crippen molar-refractivity contribution in [3.63, 3.8) is 0 Å². The third-order valence-corrected chi connectivity index (χ3v) is 2.93. The molecular formula is C14H9F3N4O2. The number of phenolic OH excluding ortho intramolecular Hbond substituents is 1. The van der Waals surface area contributed by atoms with Gasteiger partial charge in [-0.1, -0.05) is 5.10 Å². The second-order valence-electron chi connectivity index (χ2n) is 4.51. The highest BCUT2D eigenvalue weighted by atomic mass is 19.4. The first kappa shape index (κ1) is 14.8. The lowest BCUT2D eigenvalue weighted by Crippen LogP contribution is -2.04. The van der Waals surface area contributed by atoms with Gasteiger partial charge in [-0.15, -0.1) is 0 Å². The summed E-state index contributed by atoms with van der Waals surface area (Å²) in [6, 6.07) is 10.2. The van der Waals surface area contributed by atoms with E-state index < -0.39 is 11.7 Å². The molecule has 1 aromatic heterocycles. The van der Waals surface area contributed by atoms with Crippen LogP contribution in [0.4, 0.5) is 13.2 Å². The molecular weight excluding hydrogens is 313 g/mol. The summed E-state index contributed by atoms with van der Waals surface area (Å²) in [5, 5.41) is 20.2. The minimum Gasteiger partial charge on any atom is -0.508 e. The Morgan fingerprint density at radius 3 is 2.22 bits per heavy atom. The molecule has 0 radical (unpaired) electrons. The number of aromatic nitrogens is 4. The smallest absolute Gasteiger partial charge is 0.416 e. The van der Waals surface area contributed by atoms with Crippen LogP contribution in [-0.2, 0) is 6.18 Å². The Morgan fingerprint density at radius 2 is 1.61 bits per heavy atom. The number of ether oxygens (including phenoxy) is 1. The molecule has 0 atom stereocenters. The Bertz CT molecular complexity index is 798. The zero-order valence-corrected chi connectivity index (χ0v) is 11.4. The summed E-state index contributed by atoms with van der Waals surface area (Å²) in [4.78, 5) is 0. The third kappa shape index (κ3) is 3.23. The van der Waals surface area contributed by atoms with E-state index in [2.05, 4.69) is 15.5 Å². The predicted octanol–water partition coefficient (Wildman–Crippen LogP) is 3.18. The Morgan fingerprint density at radius 1 is 0.957 bits per heavy atom. The van der Waals surface area contributed by atoms with Gasteiger partial charge in [0.2, 0.25) is 0 Å². The van der Waals surface area contributed by atoms with Gasteiger partial charge in [0, 0.05) is 0 Å². The van der Waals surface area contributed by atoms with E-state index in [0.717, 1.165) is 12.1 Å². The lowest BCUT2D eigenvalue weighted by atomic mass is 10.2. The van der Waals surface area contributed by atoms with Crippen LogP contribution in [0.25, 0.3) is 5.69 Å². The van der Waals surface area contributed by atoms with E-state index >= 15 is 0 Å². The first-order valence-corrected chi connectivity index (χ1v) is 6.36. The number of alkyl halides is 3. The van der Waals surface area contributed by atoms with Crippen LogP contribution in [0.3, 0.4) is 0 Å². The highest BCUT2D eigenvalue weighted by Crippen LogP contribution is 2.31. The molecule has 1 heterocycles. The van der Waals surface area contributed by atoms with Gasteiger partial charge < -0.3 is 9.84 Å². The average Bonchev–Trinajstić information content (AvgIpc) is 2.96. The molecule has 3 aromatic rings. The van der Waals surface area contributed by atoms with Gasteiger partial charge in [-0.05, 0) is 59.0 Å². The van der Waals surface area contributed by atoms with E-state index in [0.29, 0.717) is 5.69 Å². The maximum atomic E-state index is 12.5. The maximum Gasteiger partial charge on any atom is 0.416 e. The minimum absolute atomic E-state index is 0.0181. The standard InChI is InChI=1S/C14H9F3N4O2/c15-14(16,17)9-1-7-12(8-2-9)23-13-18-19-20-21(13)10-3-5-11(22)6-4-10/h1-8,22H. The van der Waals surface area contributed by atoms with E-state index in [4.69, 9.17) is 4.74 Å². The molecule has 23 heavy (non-hydrogen) atoms. The summed E-state index contributed by atoms with van der Waals surface area (Å²) in [6.07, 6.45) is -4.41. The van der Waals surface area contributed by atoms with Gasteiger partial charge >= 0.3 is 12.2 Å². The quantitative estimate of drug-likeness (QED) is 0.802. The molecule has 9 heteroatoms. The zero-order valence-electron chi connectivity index (χ0n) is 11.4. The van der Waals surface area contributed by atoms with Crippen LogP contribution in [-0.4, -0.2) is 25.3 Å². The van der Waals surface area contributed by atoms with Crippen molar-refractivity contribution >= 4 is 0 Å². The van der Waals surface area contributed by atoms with Gasteiger partial charge in [0.1, 0.15) is 11.5 Å². The highest BCUT2D eigenvalue weighted by Gasteiger charge is 2.30. The fourth-order valence-corrected chi connectivity index (χ4v) is 1.82. The molecule has 0 unspecified atom stereocenters. The molecule has 0 saturated heterocycles. The van der Waals surface area contributed by atoms with Crippen LogP contribution >= 0.6 is 0 Å². The number of tetrazole rings is 1. The van der Waals surface area contributed by atoms with Crippen LogP contribution in [0.15, 0.2) is 48.5 Å². The van der Waals surface area contributed by atoms with Crippen molar-refractivity contribution in [2.45, 2.75) is 6.18 Å². The lowest BCUT2D eigenvalue weighted by molar-refractivity contribution is -0.137. The number of hydrogen-bond acceptors (Lipinski definition) is 5. The molecule has 0 aliphatic rings. The summed E-state index contributed by atoms with van der Waals surface area (Å²) in [6.45, 7) is 0. The monoisotopic (exact) mass is 322 g/mol. The van der Waals surface area contributed by atoms with Crippen LogP contribution in [0.2, 0.25) is 0 Å². The SMILES string of the molecule is Oc1ccc(-n2nnnc2Oc2ccc(C(F)(F)F)cc2)cc1. The fraction of sp³-hybridized carbons (Fsp3) is 0.0714. The fourth-order valence-electron chi connectivity index (χ4n) is 1.82. The summed E-state index contributed by atoms with van der Waals surface area (Å²) < 4.78 is 44.2. The Labute approximate surface area is 127 Å². The largest absolute Gasteiger partial charge is 0.508 e. The van der Waals surface area contributed by atoms with Crippen molar-refractivity contribution in [3.8, 4) is 23.2 Å². The number of nitrogens with zero attached hydrogens (tertiary/aromatic N) is 4. The molecule has 3 rings (SSSR count). The Hall–Kier alpha value is -3.10. The van der Waals surface area contributed by atoms with Gasteiger partial charge in [0.25, 0.3) is 0 Å². The van der Waals surface area contributed by atoms with Gasteiger partial charge in [0.15, 0.2) is 0 Å². The van der Waals surface area contributed by atoms with E-state index in [1.165, 1.54) is 28.9 Å². The Balaban J connectivity index is 1.84. The molecule has 0 spiro atoms. The molecule has 0 saturated carbocycles. The van der Waals surface area contributed by atoms with E-state index in [9.17, 15) is 18.3 Å². The first-order chi connectivity index (χ1) is 10.9. The summed E-state index contributed by atoms with van der Waals surface area (Å²) in [5.41, 5.74) is -0.252. The number of phenols is 1. The van der Waals surface area contributed by atoms with Crippen molar-refractivity contribution in [3.05, 3.63) is 54.1 Å². The number of halogens is 3. The van der Waals surface area contributed by atoms with Crippen molar-refractivity contribution < 1.29 is 23.0 Å². The van der Waals surface area contributed by atoms with Crippen LogP contribution in [0.1, 0.15) is 5.56 Å². The van der Waals surface area contributed by atoms with Crippen molar-refractivity contribution in [1.29, 1.82) is 0 Å². The average molecular weight is 322 g/mol. The third-order valence-electron chi connectivity index (χ3n) is 2.93. The van der Waals surface area contributed by atoms with E-state index in [-0.39, 0.29) is 17.5 Å². The zero-order chi connectivity index (χ0) is 16.4. The molecule has 0 amide bonds. The second kappa shape index (κ2) is 5.59. The predicted molar refractivity (Wildman–Crippen MR) is 72.3 cm³/mol. The van der Waals surface area contributed by atoms with Crippen molar-refractivity contribution in [2.75, 3.05) is 0 Å². The summed E-state index contributed by atoms with van der Waals surface area (Å²) in [7, 11) is 0. The number of aromatic hydroxyl groups is 1. The van der Waals surface area contributed by atoms with Crippen LogP contribution in [0.5, 0.6) is 17.5 Å². The Kier molecular flexibility index (Phi) is 3.61. The molecule has 1 N–H and O–H groups in total. The molecule has 2 aromatic carbocycles. The van der Waals surface area contributed by atoms with E-state index in [1.54, 1.807) is 12.1 Å². The summed E-state index contributed by atoms with van der Waals surface area (Å²) in [5.74, 6) is 0.236. The highest BCUT2D eigenvalue weighted by molar-refractivity contribution is 5.38. The van der Waals surface area contributed by atoms with Gasteiger partial charge in [0.05, 0.1) is 11.3 Å². The molecule has 0 bridgehead atoms. The first-order valence-electron chi connectivity index (χ1n) is 6.36. The number of benzene rings is 2. The topological polar surface area (TPSA) is 73.1 Å². The molecule has 118 valence electrons. The molecule has 6 nitrogen and oxygen atoms in total. The van der Waals surface area contributed by atoms with Gasteiger partial charge in [-0.3, -0.25) is 0 Å². The van der Waals surface area contributed by atoms with Gasteiger partial charge in [-0.2, -0.15) is 17.9 Å². The normalized spacial score (nSPS) is 11.4. The summed E-state index contributed by atoms with van der Waals surface area (Å²) >= 11 is 0. The molecule has 0 aliphatic heterocycles. The van der Waals surface area contributed by atoms with Crippen LogP contribution < -0.4 is 4.74 Å². The lowest BCUT2D eigenvalue weighted by Gasteiger charge is -2.08. The minimum atomic E-state index is -4.41. The van der Waals surface area contributed by atoms with Crippen molar-refractivity contribution in [2.24, 2.45) is 0 Å². The molecule has 0 fully saturated rings. The van der Waals surface area contributed by atoms with Crippen molar-refractivity contribution in [1.82, 2.24) is 20.2 Å². The van der Waals surface area contributed by atoms with Gasteiger partial charge in [-0.25, -0.2) is 0 Å². The molecule has 0 aliphatic carbocycles. The van der Waals surface area contributed by atoms with Crippen LogP contribution in [0, 0.1) is 0 Å². The number of rotatable bonds is 3.